The molecule has 1 heterocycles. The zero-order chi connectivity index (χ0) is 14.8. The van der Waals surface area contributed by atoms with Gasteiger partial charge in [-0.15, -0.1) is 6.58 Å². The van der Waals surface area contributed by atoms with Crippen molar-refractivity contribution >= 4 is 11.9 Å². The van der Waals surface area contributed by atoms with Gasteiger partial charge in [0.15, 0.2) is 0 Å². The minimum atomic E-state index is -0.877. The number of nitrogens with one attached hydrogen (secondary N) is 2. The summed E-state index contributed by atoms with van der Waals surface area (Å²) in [5.41, 5.74) is -0.877. The first-order valence-corrected chi connectivity index (χ1v) is 7.33. The van der Waals surface area contributed by atoms with Gasteiger partial charge < -0.3 is 15.4 Å². The Morgan fingerprint density at radius 2 is 2.30 bits per heavy atom. The number of carbonyl (C=O) groups excluding carboxylic acids is 2. The van der Waals surface area contributed by atoms with Crippen LogP contribution in [0.5, 0.6) is 0 Å². The lowest BCUT2D eigenvalue weighted by atomic mass is 10.00. The zero-order valence-electron chi connectivity index (χ0n) is 12.3. The summed E-state index contributed by atoms with van der Waals surface area (Å²) in [6.45, 7) is 6.73. The van der Waals surface area contributed by atoms with Gasteiger partial charge in [-0.2, -0.15) is 0 Å². The molecule has 0 aromatic carbocycles. The van der Waals surface area contributed by atoms with Crippen LogP contribution in [-0.4, -0.2) is 37.1 Å². The molecular weight excluding hydrogens is 256 g/mol. The van der Waals surface area contributed by atoms with Gasteiger partial charge in [0.1, 0.15) is 5.54 Å². The van der Waals surface area contributed by atoms with Crippen molar-refractivity contribution in [3.05, 3.63) is 12.7 Å². The van der Waals surface area contributed by atoms with Crippen LogP contribution >= 0.6 is 0 Å². The summed E-state index contributed by atoms with van der Waals surface area (Å²) in [7, 11) is 1.35. The topological polar surface area (TPSA) is 67.4 Å². The van der Waals surface area contributed by atoms with Crippen molar-refractivity contribution in [2.24, 2.45) is 11.8 Å². The number of ether oxygens (including phenoxy) is 1. The van der Waals surface area contributed by atoms with Gasteiger partial charge in [-0.25, -0.2) is 4.79 Å². The molecule has 1 saturated heterocycles. The van der Waals surface area contributed by atoms with E-state index >= 15 is 0 Å². The first-order chi connectivity index (χ1) is 9.57. The van der Waals surface area contributed by atoms with E-state index in [2.05, 4.69) is 24.1 Å². The third-order valence-corrected chi connectivity index (χ3v) is 4.43. The maximum Gasteiger partial charge on any atom is 0.332 e. The summed E-state index contributed by atoms with van der Waals surface area (Å²) in [5.74, 6) is 0.0585. The molecular formula is C15H24N2O3. The van der Waals surface area contributed by atoms with Gasteiger partial charge >= 0.3 is 5.97 Å². The average Bonchev–Trinajstić information content (AvgIpc) is 2.95. The lowest BCUT2D eigenvalue weighted by molar-refractivity contribution is -0.147. The van der Waals surface area contributed by atoms with Gasteiger partial charge in [0, 0.05) is 5.92 Å². The van der Waals surface area contributed by atoms with E-state index in [9.17, 15) is 9.59 Å². The van der Waals surface area contributed by atoms with Gasteiger partial charge in [-0.1, -0.05) is 19.4 Å². The molecule has 2 N–H and O–H groups in total. The van der Waals surface area contributed by atoms with Crippen molar-refractivity contribution in [2.75, 3.05) is 13.7 Å². The van der Waals surface area contributed by atoms with E-state index in [1.807, 2.05) is 0 Å². The van der Waals surface area contributed by atoms with Crippen LogP contribution < -0.4 is 10.6 Å². The fraction of sp³-hybridized carbons (Fsp3) is 0.733. The third kappa shape index (κ3) is 2.73. The van der Waals surface area contributed by atoms with Crippen LogP contribution in [-0.2, 0) is 14.3 Å². The van der Waals surface area contributed by atoms with Gasteiger partial charge in [-0.3, -0.25) is 4.79 Å². The molecule has 1 aliphatic carbocycles. The molecule has 2 aliphatic rings. The molecule has 0 spiro atoms. The predicted octanol–water partition coefficient (Wildman–Crippen LogP) is 0.998. The van der Waals surface area contributed by atoms with Gasteiger partial charge in [0.25, 0.3) is 0 Å². The van der Waals surface area contributed by atoms with Crippen LogP contribution in [0.2, 0.25) is 0 Å². The van der Waals surface area contributed by atoms with E-state index < -0.39 is 5.54 Å². The number of amides is 1. The molecule has 4 atom stereocenters. The molecule has 0 aromatic heterocycles. The number of hydrogen-bond acceptors (Lipinski definition) is 4. The molecule has 2 fully saturated rings. The van der Waals surface area contributed by atoms with E-state index in [1.54, 1.807) is 6.08 Å². The standard InChI is InChI=1S/C15H24N2O3/c1-4-6-10-7-12(16-9-10)13(18)17-15(14(19)20-3)8-11(15)5-2/h5,10-12,16H,2,4,6-9H2,1,3H3,(H,17,18). The maximum absolute atomic E-state index is 12.3. The Hall–Kier alpha value is -1.36. The minimum absolute atomic E-state index is 0.0215. The third-order valence-electron chi connectivity index (χ3n) is 4.43. The Balaban J connectivity index is 1.94. The summed E-state index contributed by atoms with van der Waals surface area (Å²) >= 11 is 0. The number of rotatable bonds is 6. The zero-order valence-corrected chi connectivity index (χ0v) is 12.3. The van der Waals surface area contributed by atoms with Crippen LogP contribution in [0.3, 0.4) is 0 Å². The molecule has 0 bridgehead atoms. The average molecular weight is 280 g/mol. The molecule has 0 radical (unpaired) electrons. The van der Waals surface area contributed by atoms with Crippen molar-refractivity contribution < 1.29 is 14.3 Å². The SMILES string of the molecule is C=CC1CC1(NC(=O)C1CC(CCC)CN1)C(=O)OC. The molecule has 1 amide bonds. The molecule has 5 nitrogen and oxygen atoms in total. The van der Waals surface area contributed by atoms with E-state index in [-0.39, 0.29) is 23.8 Å². The second-order valence-corrected chi connectivity index (χ2v) is 5.85. The molecule has 20 heavy (non-hydrogen) atoms. The lowest BCUT2D eigenvalue weighted by Gasteiger charge is -2.19. The van der Waals surface area contributed by atoms with Crippen LogP contribution in [0.25, 0.3) is 0 Å². The number of carbonyl (C=O) groups is 2. The lowest BCUT2D eigenvalue weighted by Crippen LogP contribution is -2.51. The molecule has 2 rings (SSSR count). The van der Waals surface area contributed by atoms with E-state index in [1.165, 1.54) is 7.11 Å². The van der Waals surface area contributed by atoms with Gasteiger partial charge in [-0.05, 0) is 31.7 Å². The van der Waals surface area contributed by atoms with E-state index in [0.29, 0.717) is 12.3 Å². The second-order valence-electron chi connectivity index (χ2n) is 5.85. The fourth-order valence-electron chi connectivity index (χ4n) is 3.13. The summed E-state index contributed by atoms with van der Waals surface area (Å²) in [5, 5.41) is 6.12. The largest absolute Gasteiger partial charge is 0.467 e. The van der Waals surface area contributed by atoms with Crippen LogP contribution in [0, 0.1) is 11.8 Å². The summed E-state index contributed by atoms with van der Waals surface area (Å²) in [6, 6.07) is -0.195. The minimum Gasteiger partial charge on any atom is -0.467 e. The summed E-state index contributed by atoms with van der Waals surface area (Å²) in [4.78, 5) is 24.2. The smallest absolute Gasteiger partial charge is 0.332 e. The summed E-state index contributed by atoms with van der Waals surface area (Å²) in [6.07, 6.45) is 5.40. The Morgan fingerprint density at radius 3 is 2.85 bits per heavy atom. The Bertz CT molecular complexity index is 410. The fourth-order valence-corrected chi connectivity index (χ4v) is 3.13. The highest BCUT2D eigenvalue weighted by Gasteiger charge is 2.61. The quantitative estimate of drug-likeness (QED) is 0.562. The van der Waals surface area contributed by atoms with Gasteiger partial charge in [0.05, 0.1) is 13.2 Å². The molecule has 0 aromatic rings. The highest BCUT2D eigenvalue weighted by molar-refractivity contribution is 5.93. The first-order valence-electron chi connectivity index (χ1n) is 7.33. The predicted molar refractivity (Wildman–Crippen MR) is 76.0 cm³/mol. The van der Waals surface area contributed by atoms with Crippen molar-refractivity contribution in [1.82, 2.24) is 10.6 Å². The van der Waals surface area contributed by atoms with Crippen molar-refractivity contribution in [1.29, 1.82) is 0 Å². The van der Waals surface area contributed by atoms with Crippen molar-refractivity contribution in [3.8, 4) is 0 Å². The molecule has 1 saturated carbocycles. The maximum atomic E-state index is 12.3. The Kier molecular flexibility index (Phi) is 4.48. The number of esters is 1. The highest BCUT2D eigenvalue weighted by Crippen LogP contribution is 2.45. The van der Waals surface area contributed by atoms with E-state index in [4.69, 9.17) is 4.74 Å². The van der Waals surface area contributed by atoms with Crippen LogP contribution in [0.15, 0.2) is 12.7 Å². The Labute approximate surface area is 120 Å². The molecule has 112 valence electrons. The van der Waals surface area contributed by atoms with Gasteiger partial charge in [0.2, 0.25) is 5.91 Å². The molecule has 4 unspecified atom stereocenters. The van der Waals surface area contributed by atoms with E-state index in [0.717, 1.165) is 25.8 Å². The monoisotopic (exact) mass is 280 g/mol. The van der Waals surface area contributed by atoms with Crippen molar-refractivity contribution in [2.45, 2.75) is 44.2 Å². The molecule has 1 aliphatic heterocycles. The number of methoxy groups -OCH3 is 1. The molecule has 5 heteroatoms. The first kappa shape index (κ1) is 15.0. The number of hydrogen-bond donors (Lipinski definition) is 2. The van der Waals surface area contributed by atoms with Crippen molar-refractivity contribution in [3.63, 3.8) is 0 Å². The Morgan fingerprint density at radius 1 is 1.55 bits per heavy atom. The van der Waals surface area contributed by atoms with Crippen LogP contribution in [0.4, 0.5) is 0 Å². The second kappa shape index (κ2) is 5.95. The normalized spacial score (nSPS) is 35.4. The highest BCUT2D eigenvalue weighted by atomic mass is 16.5. The van der Waals surface area contributed by atoms with Crippen LogP contribution in [0.1, 0.15) is 32.6 Å². The summed E-state index contributed by atoms with van der Waals surface area (Å²) < 4.78 is 4.81.